The molecule has 2 aliphatic rings. The number of aromatic hydroxyl groups is 1. The maximum absolute atomic E-state index is 13.0. The van der Waals surface area contributed by atoms with Gasteiger partial charge in [-0.15, -0.1) is 0 Å². The zero-order chi connectivity index (χ0) is 22.8. The van der Waals surface area contributed by atoms with Crippen LogP contribution in [0.5, 0.6) is 17.2 Å². The van der Waals surface area contributed by atoms with Gasteiger partial charge < -0.3 is 29.3 Å². The number of phenols is 1. The zero-order valence-electron chi connectivity index (χ0n) is 18.0. The van der Waals surface area contributed by atoms with Crippen LogP contribution >= 0.6 is 0 Å². The average Bonchev–Trinajstić information content (AvgIpc) is 3.36. The number of aliphatic hydroxyl groups is 1. The number of fused-ring (bicyclic) bond motifs is 1. The van der Waals surface area contributed by atoms with Gasteiger partial charge in [0.1, 0.15) is 11.5 Å². The van der Waals surface area contributed by atoms with Crippen LogP contribution in [0.1, 0.15) is 29.7 Å². The van der Waals surface area contributed by atoms with Crippen molar-refractivity contribution in [3.63, 3.8) is 0 Å². The number of Topliss-reactive ketones (excluding diaryl/α,β-unsaturated/α-hetero) is 1. The molecule has 2 N–H and O–H groups in total. The van der Waals surface area contributed by atoms with Crippen molar-refractivity contribution in [3.8, 4) is 17.2 Å². The van der Waals surface area contributed by atoms with Crippen molar-refractivity contribution < 1.29 is 34.0 Å². The maximum Gasteiger partial charge on any atom is 0.295 e. The third kappa shape index (κ3) is 3.78. The van der Waals surface area contributed by atoms with Crippen LogP contribution in [-0.2, 0) is 20.7 Å². The lowest BCUT2D eigenvalue weighted by molar-refractivity contribution is -0.140. The number of carbonyl (C=O) groups is 2. The quantitative estimate of drug-likeness (QED) is 0.388. The van der Waals surface area contributed by atoms with Gasteiger partial charge in [-0.05, 0) is 48.4 Å². The minimum Gasteiger partial charge on any atom is -0.507 e. The van der Waals surface area contributed by atoms with Gasteiger partial charge in [0.2, 0.25) is 0 Å². The van der Waals surface area contributed by atoms with Crippen molar-refractivity contribution in [2.75, 3.05) is 33.5 Å². The second-order valence-corrected chi connectivity index (χ2v) is 7.57. The van der Waals surface area contributed by atoms with E-state index in [1.807, 2.05) is 0 Å². The van der Waals surface area contributed by atoms with E-state index < -0.39 is 17.7 Å². The first-order chi connectivity index (χ1) is 15.5. The third-order valence-corrected chi connectivity index (χ3v) is 5.64. The normalized spacial score (nSPS) is 19.2. The molecule has 0 bridgehead atoms. The summed E-state index contributed by atoms with van der Waals surface area (Å²) in [6, 6.07) is 8.98. The topological polar surface area (TPSA) is 106 Å². The Kier molecular flexibility index (Phi) is 6.05. The second kappa shape index (κ2) is 8.92. The fourth-order valence-corrected chi connectivity index (χ4v) is 4.11. The van der Waals surface area contributed by atoms with Gasteiger partial charge in [0.05, 0.1) is 31.4 Å². The first kappa shape index (κ1) is 21.7. The minimum absolute atomic E-state index is 0.0156. The van der Waals surface area contributed by atoms with Gasteiger partial charge in [0.15, 0.2) is 11.5 Å². The monoisotopic (exact) mass is 439 g/mol. The predicted molar refractivity (Wildman–Crippen MR) is 116 cm³/mol. The van der Waals surface area contributed by atoms with Gasteiger partial charge in [-0.3, -0.25) is 9.59 Å². The molecular formula is C24H25NO7. The van der Waals surface area contributed by atoms with Crippen molar-refractivity contribution in [3.05, 3.63) is 58.7 Å². The molecule has 1 fully saturated rings. The summed E-state index contributed by atoms with van der Waals surface area (Å²) in [6.07, 6.45) is 0.706. The van der Waals surface area contributed by atoms with E-state index in [1.165, 1.54) is 18.1 Å². The van der Waals surface area contributed by atoms with Crippen LogP contribution in [0.2, 0.25) is 0 Å². The van der Waals surface area contributed by atoms with Crippen LogP contribution in [0.3, 0.4) is 0 Å². The van der Waals surface area contributed by atoms with Crippen molar-refractivity contribution >= 4 is 17.4 Å². The molecule has 0 aliphatic carbocycles. The van der Waals surface area contributed by atoms with E-state index in [2.05, 4.69) is 0 Å². The third-order valence-electron chi connectivity index (χ3n) is 5.64. The summed E-state index contributed by atoms with van der Waals surface area (Å²) < 4.78 is 16.1. The first-order valence-electron chi connectivity index (χ1n) is 10.5. The molecule has 168 valence electrons. The molecule has 8 heteroatoms. The Hall–Kier alpha value is -3.52. The minimum atomic E-state index is -0.852. The zero-order valence-corrected chi connectivity index (χ0v) is 18.0. The van der Waals surface area contributed by atoms with Crippen molar-refractivity contribution in [1.82, 2.24) is 4.90 Å². The molecule has 2 aromatic rings. The number of likely N-dealkylation sites (tertiary alicyclic amines) is 1. The highest BCUT2D eigenvalue weighted by Gasteiger charge is 2.46. The fraction of sp³-hybridized carbons (Fsp3) is 0.333. The van der Waals surface area contributed by atoms with Crippen molar-refractivity contribution in [2.45, 2.75) is 19.4 Å². The van der Waals surface area contributed by atoms with Gasteiger partial charge in [0.25, 0.3) is 11.7 Å². The SMILES string of the molecule is CCOc1cc(C2/C(=C(\O)c3ccc4c(c3)CCO4)C(=O)C(=O)N2CCOC)ccc1O. The van der Waals surface area contributed by atoms with Gasteiger partial charge in [-0.1, -0.05) is 6.07 Å². The summed E-state index contributed by atoms with van der Waals surface area (Å²) >= 11 is 0. The lowest BCUT2D eigenvalue weighted by Crippen LogP contribution is -2.32. The predicted octanol–water partition coefficient (Wildman–Crippen LogP) is 2.79. The summed E-state index contributed by atoms with van der Waals surface area (Å²) in [5.41, 5.74) is 1.89. The van der Waals surface area contributed by atoms with Gasteiger partial charge >= 0.3 is 0 Å². The smallest absolute Gasteiger partial charge is 0.295 e. The Morgan fingerprint density at radius 3 is 2.78 bits per heavy atom. The van der Waals surface area contributed by atoms with E-state index >= 15 is 0 Å². The Morgan fingerprint density at radius 2 is 2.03 bits per heavy atom. The Morgan fingerprint density at radius 1 is 1.22 bits per heavy atom. The number of hydrogen-bond donors (Lipinski definition) is 2. The van der Waals surface area contributed by atoms with Gasteiger partial charge in [0, 0.05) is 25.6 Å². The molecule has 0 spiro atoms. The summed E-state index contributed by atoms with van der Waals surface area (Å²) in [6.45, 7) is 3.06. The van der Waals surface area contributed by atoms with Crippen LogP contribution in [0.4, 0.5) is 0 Å². The maximum atomic E-state index is 13.0. The molecule has 8 nitrogen and oxygen atoms in total. The van der Waals surface area contributed by atoms with E-state index in [-0.39, 0.29) is 36.0 Å². The number of benzene rings is 2. The van der Waals surface area contributed by atoms with Crippen LogP contribution in [0, 0.1) is 0 Å². The van der Waals surface area contributed by atoms with Crippen molar-refractivity contribution in [2.24, 2.45) is 0 Å². The second-order valence-electron chi connectivity index (χ2n) is 7.57. The number of aliphatic hydroxyl groups excluding tert-OH is 1. The standard InChI is InChI=1S/C24H25NO7/c1-3-31-19-13-15(4-6-17(19)26)21-20(23(28)24(29)25(21)9-11-30-2)22(27)16-5-7-18-14(12-16)8-10-32-18/h4-7,12-13,21,26-27H,3,8-11H2,1-2H3/b22-20+. The molecule has 32 heavy (non-hydrogen) atoms. The molecule has 2 aromatic carbocycles. The number of phenolic OH excluding ortho intramolecular Hbond substituents is 1. The summed E-state index contributed by atoms with van der Waals surface area (Å²) in [7, 11) is 1.51. The lowest BCUT2D eigenvalue weighted by Gasteiger charge is -2.25. The average molecular weight is 439 g/mol. The van der Waals surface area contributed by atoms with Gasteiger partial charge in [-0.2, -0.15) is 0 Å². The van der Waals surface area contributed by atoms with Crippen molar-refractivity contribution in [1.29, 1.82) is 0 Å². The number of methoxy groups -OCH3 is 1. The lowest BCUT2D eigenvalue weighted by atomic mass is 9.94. The molecule has 1 saturated heterocycles. The Bertz CT molecular complexity index is 1090. The molecule has 0 radical (unpaired) electrons. The molecular weight excluding hydrogens is 414 g/mol. The summed E-state index contributed by atoms with van der Waals surface area (Å²) in [4.78, 5) is 27.3. The molecule has 1 unspecified atom stereocenters. The number of ether oxygens (including phenoxy) is 3. The van der Waals surface area contributed by atoms with E-state index in [1.54, 1.807) is 37.3 Å². The van der Waals surface area contributed by atoms with E-state index in [0.29, 0.717) is 30.8 Å². The van der Waals surface area contributed by atoms with Crippen LogP contribution in [-0.4, -0.2) is 60.3 Å². The molecule has 1 amide bonds. The number of rotatable bonds is 7. The Balaban J connectivity index is 1.85. The van der Waals surface area contributed by atoms with Crippen LogP contribution in [0.25, 0.3) is 5.76 Å². The van der Waals surface area contributed by atoms with E-state index in [9.17, 15) is 19.8 Å². The molecule has 4 rings (SSSR count). The van der Waals surface area contributed by atoms with Gasteiger partial charge in [-0.25, -0.2) is 0 Å². The molecule has 2 aliphatic heterocycles. The van der Waals surface area contributed by atoms with Crippen LogP contribution in [0.15, 0.2) is 42.0 Å². The highest BCUT2D eigenvalue weighted by molar-refractivity contribution is 6.46. The summed E-state index contributed by atoms with van der Waals surface area (Å²) in [5, 5.41) is 21.3. The fourth-order valence-electron chi connectivity index (χ4n) is 4.11. The number of ketones is 1. The molecule has 1 atom stereocenters. The molecule has 0 saturated carbocycles. The van der Waals surface area contributed by atoms with E-state index in [4.69, 9.17) is 14.2 Å². The first-order valence-corrected chi connectivity index (χ1v) is 10.5. The molecule has 2 heterocycles. The summed E-state index contributed by atoms with van der Waals surface area (Å²) in [5.74, 6) is -0.817. The number of carbonyl (C=O) groups excluding carboxylic acids is 2. The van der Waals surface area contributed by atoms with E-state index in [0.717, 1.165) is 11.3 Å². The van der Waals surface area contributed by atoms with Crippen LogP contribution < -0.4 is 9.47 Å². The Labute approximate surface area is 185 Å². The number of amides is 1. The number of nitrogens with zero attached hydrogens (tertiary/aromatic N) is 1. The highest BCUT2D eigenvalue weighted by Crippen LogP contribution is 2.42. The number of hydrogen-bond acceptors (Lipinski definition) is 7. The molecule has 0 aromatic heterocycles. The highest BCUT2D eigenvalue weighted by atomic mass is 16.5. The largest absolute Gasteiger partial charge is 0.507 e.